The minimum atomic E-state index is -3.55. The van der Waals surface area contributed by atoms with Crippen molar-refractivity contribution in [2.24, 2.45) is 0 Å². The number of benzene rings is 2. The molecular formula is C23H27N3O4S. The van der Waals surface area contributed by atoms with Gasteiger partial charge in [-0.3, -0.25) is 9.59 Å². The van der Waals surface area contributed by atoms with E-state index >= 15 is 0 Å². The van der Waals surface area contributed by atoms with E-state index in [4.69, 9.17) is 0 Å². The van der Waals surface area contributed by atoms with E-state index in [0.717, 1.165) is 5.56 Å². The molecule has 0 heterocycles. The highest BCUT2D eigenvalue weighted by Gasteiger charge is 2.21. The van der Waals surface area contributed by atoms with Gasteiger partial charge < -0.3 is 10.2 Å². The average molecular weight is 442 g/mol. The summed E-state index contributed by atoms with van der Waals surface area (Å²) in [7, 11) is -0.172. The average Bonchev–Trinajstić information content (AvgIpc) is 2.77. The number of carbonyl (C=O) groups is 2. The Morgan fingerprint density at radius 2 is 1.45 bits per heavy atom. The summed E-state index contributed by atoms with van der Waals surface area (Å²) in [5, 5.41) is 2.68. The second-order valence-corrected chi connectivity index (χ2v) is 8.81. The van der Waals surface area contributed by atoms with E-state index in [0.29, 0.717) is 24.2 Å². The van der Waals surface area contributed by atoms with Crippen LogP contribution in [0.4, 0.5) is 0 Å². The predicted octanol–water partition coefficient (Wildman–Crippen LogP) is 2.20. The zero-order chi connectivity index (χ0) is 23.0. The maximum atomic E-state index is 12.5. The molecule has 31 heavy (non-hydrogen) atoms. The number of hydrogen-bond acceptors (Lipinski definition) is 4. The molecule has 0 radical (unpaired) electrons. The summed E-state index contributed by atoms with van der Waals surface area (Å²) in [6.45, 7) is 4.46. The van der Waals surface area contributed by atoms with Crippen LogP contribution in [0.25, 0.3) is 0 Å². The van der Waals surface area contributed by atoms with Gasteiger partial charge in [0.25, 0.3) is 11.8 Å². The molecule has 2 aromatic carbocycles. The van der Waals surface area contributed by atoms with Gasteiger partial charge in [0.15, 0.2) is 0 Å². The molecule has 0 aliphatic rings. The summed E-state index contributed by atoms with van der Waals surface area (Å²) >= 11 is 0. The minimum Gasteiger partial charge on any atom is -0.345 e. The van der Waals surface area contributed by atoms with E-state index in [1.165, 1.54) is 33.5 Å². The number of rotatable bonds is 7. The van der Waals surface area contributed by atoms with Crippen LogP contribution in [0.15, 0.2) is 53.4 Å². The topological polar surface area (TPSA) is 86.8 Å². The third-order valence-corrected chi connectivity index (χ3v) is 6.63. The molecule has 0 bridgehead atoms. The van der Waals surface area contributed by atoms with Crippen molar-refractivity contribution in [3.8, 4) is 11.8 Å². The molecule has 0 saturated carbocycles. The lowest BCUT2D eigenvalue weighted by Gasteiger charge is -2.18. The zero-order valence-corrected chi connectivity index (χ0v) is 19.0. The first-order valence-electron chi connectivity index (χ1n) is 9.89. The van der Waals surface area contributed by atoms with Gasteiger partial charge in [0, 0.05) is 43.9 Å². The number of nitrogens with zero attached hydrogens (tertiary/aromatic N) is 2. The quantitative estimate of drug-likeness (QED) is 0.668. The van der Waals surface area contributed by atoms with E-state index < -0.39 is 10.0 Å². The van der Waals surface area contributed by atoms with Gasteiger partial charge in [-0.25, -0.2) is 8.42 Å². The molecule has 1 N–H and O–H groups in total. The Bertz CT molecular complexity index is 1080. The Morgan fingerprint density at radius 3 is 1.97 bits per heavy atom. The SMILES string of the molecule is CCN(CC)S(=O)(=O)c1ccc(C(=O)NCC#Cc2ccc(C(=O)N(C)C)cc2)cc1. The largest absolute Gasteiger partial charge is 0.345 e. The summed E-state index contributed by atoms with van der Waals surface area (Å²) in [5.74, 6) is 5.37. The molecule has 8 heteroatoms. The van der Waals surface area contributed by atoms with Gasteiger partial charge in [0.05, 0.1) is 11.4 Å². The van der Waals surface area contributed by atoms with Gasteiger partial charge >= 0.3 is 0 Å². The van der Waals surface area contributed by atoms with Crippen LogP contribution in [0.2, 0.25) is 0 Å². The van der Waals surface area contributed by atoms with Crippen molar-refractivity contribution >= 4 is 21.8 Å². The number of sulfonamides is 1. The van der Waals surface area contributed by atoms with E-state index in [9.17, 15) is 18.0 Å². The first-order valence-corrected chi connectivity index (χ1v) is 11.3. The Morgan fingerprint density at radius 1 is 0.903 bits per heavy atom. The van der Waals surface area contributed by atoms with Crippen molar-refractivity contribution in [1.82, 2.24) is 14.5 Å². The molecule has 0 aromatic heterocycles. The summed E-state index contributed by atoms with van der Waals surface area (Å²) in [6.07, 6.45) is 0. The van der Waals surface area contributed by atoms with Crippen LogP contribution in [0.3, 0.4) is 0 Å². The van der Waals surface area contributed by atoms with Crippen molar-refractivity contribution in [2.45, 2.75) is 18.7 Å². The highest BCUT2D eigenvalue weighted by atomic mass is 32.2. The molecule has 0 unspecified atom stereocenters. The fraction of sp³-hybridized carbons (Fsp3) is 0.304. The first kappa shape index (κ1) is 24.1. The lowest BCUT2D eigenvalue weighted by atomic mass is 10.1. The lowest BCUT2D eigenvalue weighted by Crippen LogP contribution is -2.30. The van der Waals surface area contributed by atoms with Gasteiger partial charge in [0.1, 0.15) is 0 Å². The van der Waals surface area contributed by atoms with Gasteiger partial charge in [-0.05, 0) is 48.5 Å². The van der Waals surface area contributed by atoms with Crippen LogP contribution in [0, 0.1) is 11.8 Å². The summed E-state index contributed by atoms with van der Waals surface area (Å²) in [4.78, 5) is 25.8. The monoisotopic (exact) mass is 441 g/mol. The van der Waals surface area contributed by atoms with Gasteiger partial charge in [0.2, 0.25) is 10.0 Å². The van der Waals surface area contributed by atoms with Crippen LogP contribution in [-0.4, -0.2) is 63.2 Å². The highest BCUT2D eigenvalue weighted by molar-refractivity contribution is 7.89. The number of carbonyl (C=O) groups excluding carboxylic acids is 2. The molecule has 0 atom stereocenters. The fourth-order valence-corrected chi connectivity index (χ4v) is 4.28. The maximum Gasteiger partial charge on any atom is 0.253 e. The van der Waals surface area contributed by atoms with Crippen molar-refractivity contribution in [1.29, 1.82) is 0 Å². The van der Waals surface area contributed by atoms with Gasteiger partial charge in [-0.1, -0.05) is 25.7 Å². The normalized spacial score (nSPS) is 10.9. The molecule has 2 rings (SSSR count). The van der Waals surface area contributed by atoms with E-state index in [2.05, 4.69) is 17.2 Å². The van der Waals surface area contributed by atoms with E-state index in [-0.39, 0.29) is 23.3 Å². The van der Waals surface area contributed by atoms with Crippen LogP contribution in [-0.2, 0) is 10.0 Å². The third kappa shape index (κ3) is 6.17. The molecule has 0 aliphatic carbocycles. The van der Waals surface area contributed by atoms with E-state index in [1.807, 2.05) is 0 Å². The van der Waals surface area contributed by atoms with E-state index in [1.54, 1.807) is 52.2 Å². The Kier molecular flexibility index (Phi) is 8.37. The van der Waals surface area contributed by atoms with Crippen LogP contribution in [0.1, 0.15) is 40.1 Å². The second kappa shape index (κ2) is 10.8. The minimum absolute atomic E-state index is 0.0808. The van der Waals surface area contributed by atoms with Crippen LogP contribution >= 0.6 is 0 Å². The zero-order valence-electron chi connectivity index (χ0n) is 18.2. The maximum absolute atomic E-state index is 12.5. The predicted molar refractivity (Wildman–Crippen MR) is 120 cm³/mol. The standard InChI is InChI=1S/C23H27N3O4S/c1-5-26(6-2)31(29,30)21-15-13-19(14-16-21)22(27)24-17-7-8-18-9-11-20(12-10-18)23(28)25(3)4/h9-16H,5-6,17H2,1-4H3,(H,24,27). The molecule has 0 saturated heterocycles. The number of amides is 2. The first-order chi connectivity index (χ1) is 14.7. The van der Waals surface area contributed by atoms with Gasteiger partial charge in [-0.2, -0.15) is 4.31 Å². The van der Waals surface area contributed by atoms with Gasteiger partial charge in [-0.15, -0.1) is 0 Å². The Balaban J connectivity index is 1.96. The highest BCUT2D eigenvalue weighted by Crippen LogP contribution is 2.16. The molecule has 7 nitrogen and oxygen atoms in total. The molecule has 2 aromatic rings. The molecule has 164 valence electrons. The van der Waals surface area contributed by atoms with Crippen LogP contribution < -0.4 is 5.32 Å². The van der Waals surface area contributed by atoms with Crippen molar-refractivity contribution in [2.75, 3.05) is 33.7 Å². The molecule has 0 fully saturated rings. The van der Waals surface area contributed by atoms with Crippen LogP contribution in [0.5, 0.6) is 0 Å². The Labute approximate surface area is 184 Å². The van der Waals surface area contributed by atoms with Crippen molar-refractivity contribution in [3.05, 3.63) is 65.2 Å². The number of nitrogens with one attached hydrogen (secondary N) is 1. The number of hydrogen-bond donors (Lipinski definition) is 1. The fourth-order valence-electron chi connectivity index (χ4n) is 2.82. The molecule has 0 spiro atoms. The molecule has 2 amide bonds. The second-order valence-electron chi connectivity index (χ2n) is 6.88. The molecule has 0 aliphatic heterocycles. The summed E-state index contributed by atoms with van der Waals surface area (Å²) in [6, 6.07) is 12.8. The lowest BCUT2D eigenvalue weighted by molar-refractivity contribution is 0.0827. The summed E-state index contributed by atoms with van der Waals surface area (Å²) in [5.41, 5.74) is 1.66. The Hall–Kier alpha value is -3.15. The summed E-state index contributed by atoms with van der Waals surface area (Å²) < 4.78 is 26.4. The van der Waals surface area contributed by atoms with Crippen molar-refractivity contribution < 1.29 is 18.0 Å². The van der Waals surface area contributed by atoms with Crippen molar-refractivity contribution in [3.63, 3.8) is 0 Å². The smallest absolute Gasteiger partial charge is 0.253 e. The third-order valence-electron chi connectivity index (χ3n) is 4.57. The molecular weight excluding hydrogens is 414 g/mol.